The first-order chi connectivity index (χ1) is 13.4. The zero-order chi connectivity index (χ0) is 19.9. The number of H-pyrrole nitrogens is 1. The largest absolute Gasteiger partial charge is 0.417 e. The molecule has 1 amide bonds. The number of aromatic nitrogens is 3. The highest BCUT2D eigenvalue weighted by atomic mass is 19.4. The third-order valence-electron chi connectivity index (χ3n) is 5.00. The van der Waals surface area contributed by atoms with Crippen molar-refractivity contribution in [1.29, 1.82) is 0 Å². The average Bonchev–Trinajstić information content (AvgIpc) is 3.07. The Morgan fingerprint density at radius 1 is 1.21 bits per heavy atom. The zero-order valence-electron chi connectivity index (χ0n) is 14.8. The number of hydrogen-bond acceptors (Lipinski definition) is 4. The normalized spacial score (nSPS) is 17.8. The van der Waals surface area contributed by atoms with Gasteiger partial charge in [0.25, 0.3) is 5.91 Å². The van der Waals surface area contributed by atoms with E-state index >= 15 is 0 Å². The van der Waals surface area contributed by atoms with E-state index in [0.717, 1.165) is 18.9 Å². The lowest BCUT2D eigenvalue weighted by atomic mass is 9.96. The van der Waals surface area contributed by atoms with E-state index in [9.17, 15) is 18.0 Å². The van der Waals surface area contributed by atoms with E-state index in [1.165, 1.54) is 0 Å². The van der Waals surface area contributed by atoms with Crippen LogP contribution < -0.4 is 5.73 Å². The number of nitrogens with one attached hydrogen (secondary N) is 1. The van der Waals surface area contributed by atoms with Crippen molar-refractivity contribution in [3.8, 4) is 0 Å². The lowest BCUT2D eigenvalue weighted by Gasteiger charge is -2.35. The highest BCUT2D eigenvalue weighted by molar-refractivity contribution is 5.94. The summed E-state index contributed by atoms with van der Waals surface area (Å²) in [4.78, 5) is 18.9. The van der Waals surface area contributed by atoms with Gasteiger partial charge in [0.1, 0.15) is 5.82 Å². The van der Waals surface area contributed by atoms with E-state index in [0.29, 0.717) is 18.5 Å². The van der Waals surface area contributed by atoms with Crippen molar-refractivity contribution in [3.05, 3.63) is 53.2 Å². The van der Waals surface area contributed by atoms with Crippen molar-refractivity contribution in [1.82, 2.24) is 20.1 Å². The van der Waals surface area contributed by atoms with Crippen LogP contribution in [-0.4, -0.2) is 32.5 Å². The molecule has 9 heteroatoms. The summed E-state index contributed by atoms with van der Waals surface area (Å²) in [6, 6.07) is 9.15. The van der Waals surface area contributed by atoms with Crippen LogP contribution in [0.4, 0.5) is 19.0 Å². The van der Waals surface area contributed by atoms with Gasteiger partial charge in [0.15, 0.2) is 5.65 Å². The number of aromatic amines is 1. The Morgan fingerprint density at radius 3 is 2.68 bits per heavy atom. The average molecular weight is 389 g/mol. The monoisotopic (exact) mass is 389 g/mol. The summed E-state index contributed by atoms with van der Waals surface area (Å²) in [6.45, 7) is 0.460. The molecule has 4 rings (SSSR count). The maximum atomic E-state index is 13.6. The van der Waals surface area contributed by atoms with Crippen LogP contribution in [0, 0.1) is 0 Å². The number of benzene rings is 1. The molecule has 0 bridgehead atoms. The first-order valence-electron chi connectivity index (χ1n) is 8.94. The molecule has 1 aliphatic heterocycles. The number of carbonyl (C=O) groups excluding carboxylic acids is 1. The van der Waals surface area contributed by atoms with Crippen LogP contribution in [0.25, 0.3) is 11.0 Å². The summed E-state index contributed by atoms with van der Waals surface area (Å²) in [5.41, 5.74) is 5.31. The minimum Gasteiger partial charge on any atom is -0.383 e. The molecule has 3 heterocycles. The molecule has 28 heavy (non-hydrogen) atoms. The first-order valence-corrected chi connectivity index (χ1v) is 8.94. The summed E-state index contributed by atoms with van der Waals surface area (Å²) < 4.78 is 40.9. The third kappa shape index (κ3) is 3.17. The highest BCUT2D eigenvalue weighted by Crippen LogP contribution is 2.39. The Bertz CT molecular complexity index is 1020. The van der Waals surface area contributed by atoms with Crippen molar-refractivity contribution < 1.29 is 18.0 Å². The van der Waals surface area contributed by atoms with Gasteiger partial charge in [0, 0.05) is 12.1 Å². The number of halogens is 3. The van der Waals surface area contributed by atoms with Crippen molar-refractivity contribution in [2.75, 3.05) is 12.3 Å². The third-order valence-corrected chi connectivity index (χ3v) is 5.00. The standard InChI is InChI=1S/C19H18F3N5O/c20-19(21,22)12-10-13(24-17-15(12)16(23)25-26-17)14-8-4-5-9-27(14)18(28)11-6-2-1-3-7-11/h1-3,6-7,10,14H,4-5,8-9H2,(H3,23,24,25,26). The molecule has 1 aromatic carbocycles. The van der Waals surface area contributed by atoms with Gasteiger partial charge < -0.3 is 10.6 Å². The molecule has 1 fully saturated rings. The molecular weight excluding hydrogens is 371 g/mol. The molecule has 3 N–H and O–H groups in total. The number of alkyl halides is 3. The summed E-state index contributed by atoms with van der Waals surface area (Å²) in [5, 5.41) is 5.93. The number of hydrogen-bond donors (Lipinski definition) is 2. The molecule has 1 unspecified atom stereocenters. The maximum absolute atomic E-state index is 13.6. The van der Waals surface area contributed by atoms with Crippen LogP contribution in [0.5, 0.6) is 0 Å². The van der Waals surface area contributed by atoms with E-state index < -0.39 is 17.8 Å². The number of anilines is 1. The SMILES string of the molecule is Nc1[nH]nc2nc(C3CCCCN3C(=O)c3ccccc3)cc(C(F)(F)F)c12. The van der Waals surface area contributed by atoms with E-state index in [-0.39, 0.29) is 28.5 Å². The number of nitrogens with two attached hydrogens (primary N) is 1. The molecule has 3 aromatic rings. The highest BCUT2D eigenvalue weighted by Gasteiger charge is 2.37. The fourth-order valence-electron chi connectivity index (χ4n) is 3.69. The minimum atomic E-state index is -4.61. The fourth-order valence-corrected chi connectivity index (χ4v) is 3.69. The van der Waals surface area contributed by atoms with Gasteiger partial charge in [0.05, 0.1) is 22.7 Å². The predicted octanol–water partition coefficient (Wildman–Crippen LogP) is 3.93. The lowest BCUT2D eigenvalue weighted by Crippen LogP contribution is -2.39. The summed E-state index contributed by atoms with van der Waals surface area (Å²) in [6.07, 6.45) is -2.49. The number of fused-ring (bicyclic) bond motifs is 1. The maximum Gasteiger partial charge on any atom is 0.417 e. The predicted molar refractivity (Wildman–Crippen MR) is 97.4 cm³/mol. The van der Waals surface area contributed by atoms with Crippen LogP contribution in [-0.2, 0) is 6.18 Å². The molecule has 0 saturated carbocycles. The van der Waals surface area contributed by atoms with E-state index in [2.05, 4.69) is 15.2 Å². The molecule has 6 nitrogen and oxygen atoms in total. The molecule has 1 saturated heterocycles. The Morgan fingerprint density at radius 2 is 1.96 bits per heavy atom. The molecule has 2 aromatic heterocycles. The number of carbonyl (C=O) groups is 1. The second-order valence-corrected chi connectivity index (χ2v) is 6.80. The molecule has 0 spiro atoms. The molecule has 146 valence electrons. The number of nitrogen functional groups attached to an aromatic ring is 1. The van der Waals surface area contributed by atoms with Gasteiger partial charge in [0.2, 0.25) is 0 Å². The molecule has 1 aliphatic rings. The Labute approximate surface area is 158 Å². The Hall–Kier alpha value is -3.10. The van der Waals surface area contributed by atoms with Crippen molar-refractivity contribution in [2.24, 2.45) is 0 Å². The van der Waals surface area contributed by atoms with Crippen LogP contribution in [0.2, 0.25) is 0 Å². The Balaban J connectivity index is 1.80. The van der Waals surface area contributed by atoms with Crippen molar-refractivity contribution in [2.45, 2.75) is 31.5 Å². The quantitative estimate of drug-likeness (QED) is 0.695. The summed E-state index contributed by atoms with van der Waals surface area (Å²) in [7, 11) is 0. The Kier molecular flexibility index (Phi) is 4.44. The van der Waals surface area contributed by atoms with Gasteiger partial charge in [-0.15, -0.1) is 0 Å². The van der Waals surface area contributed by atoms with Crippen LogP contribution in [0.1, 0.15) is 46.9 Å². The smallest absolute Gasteiger partial charge is 0.383 e. The van der Waals surface area contributed by atoms with Crippen LogP contribution in [0.15, 0.2) is 36.4 Å². The van der Waals surface area contributed by atoms with Crippen LogP contribution in [0.3, 0.4) is 0 Å². The number of nitrogens with zero attached hydrogens (tertiary/aromatic N) is 3. The van der Waals surface area contributed by atoms with Crippen molar-refractivity contribution >= 4 is 22.8 Å². The molecule has 1 atom stereocenters. The number of likely N-dealkylation sites (tertiary alicyclic amines) is 1. The topological polar surface area (TPSA) is 87.9 Å². The second kappa shape index (κ2) is 6.81. The van der Waals surface area contributed by atoms with E-state index in [4.69, 9.17) is 5.73 Å². The summed E-state index contributed by atoms with van der Waals surface area (Å²) in [5.74, 6) is -0.399. The molecule has 0 radical (unpaired) electrons. The van der Waals surface area contributed by atoms with Gasteiger partial charge in [-0.05, 0) is 37.5 Å². The van der Waals surface area contributed by atoms with Gasteiger partial charge in [-0.2, -0.15) is 18.3 Å². The van der Waals surface area contributed by atoms with Crippen molar-refractivity contribution in [3.63, 3.8) is 0 Å². The molecule has 0 aliphatic carbocycles. The van der Waals surface area contributed by atoms with Gasteiger partial charge in [-0.3, -0.25) is 9.89 Å². The first kappa shape index (κ1) is 18.3. The minimum absolute atomic E-state index is 0.0972. The number of piperidine rings is 1. The van der Waals surface area contributed by atoms with E-state index in [1.807, 2.05) is 0 Å². The molecular formula is C19H18F3N5O. The van der Waals surface area contributed by atoms with Gasteiger partial charge in [-0.1, -0.05) is 18.2 Å². The fraction of sp³-hybridized carbons (Fsp3) is 0.316. The summed E-state index contributed by atoms with van der Waals surface area (Å²) >= 11 is 0. The van der Waals surface area contributed by atoms with Gasteiger partial charge >= 0.3 is 6.18 Å². The number of pyridine rings is 1. The number of amides is 1. The zero-order valence-corrected chi connectivity index (χ0v) is 14.8. The lowest BCUT2D eigenvalue weighted by molar-refractivity contribution is -0.136. The van der Waals surface area contributed by atoms with Crippen LogP contribution >= 0.6 is 0 Å². The second-order valence-electron chi connectivity index (χ2n) is 6.80. The number of rotatable bonds is 2. The van der Waals surface area contributed by atoms with Gasteiger partial charge in [-0.25, -0.2) is 4.98 Å². The van der Waals surface area contributed by atoms with E-state index in [1.54, 1.807) is 35.2 Å².